The molecule has 0 atom stereocenters. The van der Waals surface area contributed by atoms with E-state index in [2.05, 4.69) is 6.07 Å². The lowest BCUT2D eigenvalue weighted by atomic mass is 9.92. The highest BCUT2D eigenvalue weighted by molar-refractivity contribution is 5.43. The molecule has 0 saturated heterocycles. The summed E-state index contributed by atoms with van der Waals surface area (Å²) in [6.45, 7) is 7.46. The number of nitrogens with two attached hydrogens (primary N) is 1. The van der Waals surface area contributed by atoms with Crippen LogP contribution in [0.25, 0.3) is 0 Å². The Labute approximate surface area is 121 Å². The van der Waals surface area contributed by atoms with Gasteiger partial charge in [0.1, 0.15) is 0 Å². The summed E-state index contributed by atoms with van der Waals surface area (Å²) in [6, 6.07) is 8.15. The Balaban J connectivity index is 2.71. The summed E-state index contributed by atoms with van der Waals surface area (Å²) in [5, 5.41) is 8.98. The third-order valence-electron chi connectivity index (χ3n) is 3.03. The molecule has 1 aromatic rings. The third kappa shape index (κ3) is 5.10. The van der Waals surface area contributed by atoms with E-state index in [1.54, 1.807) is 0 Å². The van der Waals surface area contributed by atoms with Gasteiger partial charge in [-0.25, -0.2) is 0 Å². The van der Waals surface area contributed by atoms with Crippen LogP contribution in [0.2, 0.25) is 0 Å². The minimum atomic E-state index is -0.370. The molecule has 0 aliphatic rings. The van der Waals surface area contributed by atoms with Gasteiger partial charge in [0.15, 0.2) is 11.5 Å². The first kappa shape index (κ1) is 16.3. The maximum Gasteiger partial charge on any atom is 0.161 e. The van der Waals surface area contributed by atoms with Crippen molar-refractivity contribution >= 4 is 0 Å². The van der Waals surface area contributed by atoms with E-state index in [9.17, 15) is 0 Å². The summed E-state index contributed by atoms with van der Waals surface area (Å²) in [6.07, 6.45) is 1.50. The van der Waals surface area contributed by atoms with Gasteiger partial charge in [-0.2, -0.15) is 5.26 Å². The summed E-state index contributed by atoms with van der Waals surface area (Å²) < 4.78 is 11.4. The van der Waals surface area contributed by atoms with Gasteiger partial charge in [0.25, 0.3) is 0 Å². The lowest BCUT2D eigenvalue weighted by Crippen LogP contribution is -2.13. The van der Waals surface area contributed by atoms with Crippen LogP contribution in [0.4, 0.5) is 0 Å². The van der Waals surface area contributed by atoms with Crippen molar-refractivity contribution in [3.05, 3.63) is 23.8 Å². The van der Waals surface area contributed by atoms with Crippen molar-refractivity contribution in [2.75, 3.05) is 19.8 Å². The fraction of sp³-hybridized carbons (Fsp3) is 0.562. The molecule has 0 saturated carbocycles. The minimum absolute atomic E-state index is 0.370. The number of ether oxygens (including phenoxy) is 2. The highest BCUT2D eigenvalue weighted by Gasteiger charge is 2.17. The Hall–Kier alpha value is -1.73. The number of rotatable bonds is 8. The van der Waals surface area contributed by atoms with Gasteiger partial charge in [0.2, 0.25) is 0 Å². The molecule has 2 N–H and O–H groups in total. The molecule has 4 nitrogen and oxygen atoms in total. The van der Waals surface area contributed by atoms with Gasteiger partial charge in [0, 0.05) is 0 Å². The van der Waals surface area contributed by atoms with Crippen molar-refractivity contribution in [3.8, 4) is 17.6 Å². The summed E-state index contributed by atoms with van der Waals surface area (Å²) >= 11 is 0. The summed E-state index contributed by atoms with van der Waals surface area (Å²) in [5.41, 5.74) is 6.33. The van der Waals surface area contributed by atoms with Crippen LogP contribution in [0.15, 0.2) is 18.2 Å². The van der Waals surface area contributed by atoms with Crippen LogP contribution >= 0.6 is 0 Å². The van der Waals surface area contributed by atoms with Gasteiger partial charge < -0.3 is 15.2 Å². The highest BCUT2D eigenvalue weighted by Crippen LogP contribution is 2.29. The predicted octanol–water partition coefficient (Wildman–Crippen LogP) is 2.91. The fourth-order valence-corrected chi connectivity index (χ4v) is 1.73. The molecule has 1 rings (SSSR count). The van der Waals surface area contributed by atoms with Crippen molar-refractivity contribution in [1.82, 2.24) is 0 Å². The van der Waals surface area contributed by atoms with Crippen LogP contribution in [0, 0.1) is 16.7 Å². The van der Waals surface area contributed by atoms with Crippen molar-refractivity contribution in [3.63, 3.8) is 0 Å². The minimum Gasteiger partial charge on any atom is -0.490 e. The smallest absolute Gasteiger partial charge is 0.161 e. The van der Waals surface area contributed by atoms with Gasteiger partial charge in [0.05, 0.1) is 24.7 Å². The first-order valence-electron chi connectivity index (χ1n) is 7.02. The SMILES string of the molecule is CCOc1cc(CCN)ccc1OCCC(C)(C)C#N. The Kier molecular flexibility index (Phi) is 6.33. The van der Waals surface area contributed by atoms with E-state index in [-0.39, 0.29) is 5.41 Å². The Bertz CT molecular complexity index is 464. The zero-order valence-electron chi connectivity index (χ0n) is 12.6. The van der Waals surface area contributed by atoms with Crippen LogP contribution in [-0.2, 0) is 6.42 Å². The van der Waals surface area contributed by atoms with Crippen molar-refractivity contribution in [2.24, 2.45) is 11.1 Å². The number of hydrogen-bond donors (Lipinski definition) is 1. The summed E-state index contributed by atoms with van der Waals surface area (Å²) in [5.74, 6) is 1.47. The molecular weight excluding hydrogens is 252 g/mol. The fourth-order valence-electron chi connectivity index (χ4n) is 1.73. The largest absolute Gasteiger partial charge is 0.490 e. The lowest BCUT2D eigenvalue weighted by Gasteiger charge is -2.17. The molecular formula is C16H24N2O2. The number of nitrogens with zero attached hydrogens (tertiary/aromatic N) is 1. The zero-order valence-corrected chi connectivity index (χ0v) is 12.6. The number of benzene rings is 1. The molecule has 0 amide bonds. The highest BCUT2D eigenvalue weighted by atomic mass is 16.5. The second kappa shape index (κ2) is 7.76. The summed E-state index contributed by atoms with van der Waals surface area (Å²) in [4.78, 5) is 0. The first-order valence-corrected chi connectivity index (χ1v) is 7.02. The third-order valence-corrected chi connectivity index (χ3v) is 3.03. The van der Waals surface area contributed by atoms with Gasteiger partial charge in [-0.3, -0.25) is 0 Å². The second-order valence-electron chi connectivity index (χ2n) is 5.35. The average molecular weight is 276 g/mol. The molecule has 0 aliphatic carbocycles. The van der Waals surface area contributed by atoms with E-state index < -0.39 is 0 Å². The monoisotopic (exact) mass is 276 g/mol. The van der Waals surface area contributed by atoms with Gasteiger partial charge in [-0.15, -0.1) is 0 Å². The maximum absolute atomic E-state index is 8.98. The molecule has 110 valence electrons. The van der Waals surface area contributed by atoms with E-state index in [1.807, 2.05) is 39.0 Å². The Morgan fingerprint density at radius 3 is 2.60 bits per heavy atom. The first-order chi connectivity index (χ1) is 9.52. The van der Waals surface area contributed by atoms with E-state index in [0.29, 0.717) is 26.2 Å². The standard InChI is InChI=1S/C16H24N2O2/c1-4-19-15-11-13(7-9-17)5-6-14(15)20-10-8-16(2,3)12-18/h5-6,11H,4,7-10,17H2,1-3H3. The van der Waals surface area contributed by atoms with Crippen LogP contribution in [-0.4, -0.2) is 19.8 Å². The number of hydrogen-bond acceptors (Lipinski definition) is 4. The Morgan fingerprint density at radius 1 is 1.25 bits per heavy atom. The molecule has 4 heteroatoms. The molecule has 0 heterocycles. The summed E-state index contributed by atoms with van der Waals surface area (Å²) in [7, 11) is 0. The molecule has 0 aliphatic heterocycles. The quantitative estimate of drug-likeness (QED) is 0.792. The molecule has 0 fully saturated rings. The van der Waals surface area contributed by atoms with E-state index >= 15 is 0 Å². The molecule has 20 heavy (non-hydrogen) atoms. The van der Waals surface area contributed by atoms with E-state index in [0.717, 1.165) is 23.5 Å². The van der Waals surface area contributed by atoms with Crippen molar-refractivity contribution in [1.29, 1.82) is 5.26 Å². The number of nitriles is 1. The van der Waals surface area contributed by atoms with Gasteiger partial charge >= 0.3 is 0 Å². The van der Waals surface area contributed by atoms with Gasteiger partial charge in [-0.1, -0.05) is 6.07 Å². The lowest BCUT2D eigenvalue weighted by molar-refractivity contribution is 0.245. The van der Waals surface area contributed by atoms with Crippen LogP contribution in [0.1, 0.15) is 32.8 Å². The normalized spacial score (nSPS) is 10.9. The molecule has 1 aromatic carbocycles. The van der Waals surface area contributed by atoms with Crippen molar-refractivity contribution in [2.45, 2.75) is 33.6 Å². The van der Waals surface area contributed by atoms with Crippen LogP contribution in [0.5, 0.6) is 11.5 Å². The molecule has 0 unspecified atom stereocenters. The molecule has 0 aromatic heterocycles. The molecule has 0 spiro atoms. The Morgan fingerprint density at radius 2 is 2.00 bits per heavy atom. The molecule has 0 radical (unpaired) electrons. The maximum atomic E-state index is 8.98. The average Bonchev–Trinajstić information content (AvgIpc) is 2.42. The second-order valence-corrected chi connectivity index (χ2v) is 5.35. The van der Waals surface area contributed by atoms with Crippen LogP contribution in [0.3, 0.4) is 0 Å². The van der Waals surface area contributed by atoms with Gasteiger partial charge in [-0.05, 0) is 57.9 Å². The van der Waals surface area contributed by atoms with E-state index in [4.69, 9.17) is 20.5 Å². The van der Waals surface area contributed by atoms with E-state index in [1.165, 1.54) is 0 Å². The molecule has 0 bridgehead atoms. The predicted molar refractivity (Wildman–Crippen MR) is 79.9 cm³/mol. The van der Waals surface area contributed by atoms with Crippen LogP contribution < -0.4 is 15.2 Å². The van der Waals surface area contributed by atoms with Crippen molar-refractivity contribution < 1.29 is 9.47 Å². The topological polar surface area (TPSA) is 68.3 Å². The zero-order chi connectivity index (χ0) is 15.0.